The number of nitrogens with one attached hydrogen (secondary N) is 2. The van der Waals surface area contributed by atoms with Gasteiger partial charge >= 0.3 is 5.97 Å². The minimum atomic E-state index is -0.676. The summed E-state index contributed by atoms with van der Waals surface area (Å²) in [7, 11) is 8.07. The molecule has 2 amide bonds. The molecule has 0 spiro atoms. The van der Waals surface area contributed by atoms with E-state index in [-0.39, 0.29) is 29.6 Å². The van der Waals surface area contributed by atoms with Crippen LogP contribution in [0.1, 0.15) is 39.6 Å². The maximum Gasteiger partial charge on any atom is 0.377 e. The minimum absolute atomic E-state index is 0.0131. The van der Waals surface area contributed by atoms with Gasteiger partial charge in [-0.15, -0.1) is 11.3 Å². The summed E-state index contributed by atoms with van der Waals surface area (Å²) in [5.74, 6) is -1.27. The van der Waals surface area contributed by atoms with Gasteiger partial charge in [-0.05, 0) is 26.3 Å². The van der Waals surface area contributed by atoms with E-state index < -0.39 is 12.0 Å². The molecule has 1 aromatic heterocycles. The number of methoxy groups -OCH3 is 1. The number of carbonyl (C=O) groups is 3. The quantitative estimate of drug-likeness (QED) is 0.265. The molecule has 33 heavy (non-hydrogen) atoms. The lowest BCUT2D eigenvalue weighted by Gasteiger charge is -2.37. The van der Waals surface area contributed by atoms with Crippen LogP contribution in [0.5, 0.6) is 0 Å². The first-order valence-corrected chi connectivity index (χ1v) is 11.7. The molecule has 0 aromatic carbocycles. The number of hydrogen-bond acceptors (Lipinski definition) is 9. The highest BCUT2D eigenvalue weighted by Gasteiger charge is 2.37. The van der Waals surface area contributed by atoms with Crippen molar-refractivity contribution in [2.24, 2.45) is 11.1 Å². The van der Waals surface area contributed by atoms with E-state index in [0.717, 1.165) is 30.1 Å². The first-order valence-electron chi connectivity index (χ1n) is 10.9. The Kier molecular flexibility index (Phi) is 8.25. The Labute approximate surface area is 197 Å². The molecule has 0 radical (unpaired) electrons. The number of carbonyl (C=O) groups excluding carboxylic acids is 3. The second kappa shape index (κ2) is 10.9. The highest BCUT2D eigenvalue weighted by Crippen LogP contribution is 2.28. The monoisotopic (exact) mass is 480 g/mol. The van der Waals surface area contributed by atoms with E-state index >= 15 is 0 Å². The molecule has 1 aromatic rings. The van der Waals surface area contributed by atoms with Gasteiger partial charge in [-0.25, -0.2) is 9.78 Å². The molecule has 0 saturated heterocycles. The van der Waals surface area contributed by atoms with Crippen molar-refractivity contribution in [1.29, 1.82) is 0 Å². The number of hydrogen-bond donors (Lipinski definition) is 2. The van der Waals surface area contributed by atoms with Crippen molar-refractivity contribution in [2.45, 2.75) is 44.3 Å². The van der Waals surface area contributed by atoms with Crippen LogP contribution in [0.15, 0.2) is 5.16 Å². The highest BCUT2D eigenvalue weighted by molar-refractivity contribution is 7.13. The second-order valence-electron chi connectivity index (χ2n) is 8.56. The van der Waals surface area contributed by atoms with Crippen molar-refractivity contribution in [3.63, 3.8) is 0 Å². The van der Waals surface area contributed by atoms with Crippen LogP contribution in [0.2, 0.25) is 0 Å². The minimum Gasteiger partial charge on any atom is -0.463 e. The zero-order valence-corrected chi connectivity index (χ0v) is 20.5. The van der Waals surface area contributed by atoms with Crippen LogP contribution in [0.3, 0.4) is 0 Å². The van der Waals surface area contributed by atoms with E-state index in [2.05, 4.69) is 25.7 Å². The van der Waals surface area contributed by atoms with Gasteiger partial charge in [0.25, 0.3) is 11.7 Å². The second-order valence-corrected chi connectivity index (χ2v) is 9.65. The third-order valence-electron chi connectivity index (χ3n) is 5.96. The number of nitrogens with zero attached hydrogens (tertiary/aromatic N) is 4. The fraction of sp³-hybridized carbons (Fsp3) is 0.667. The molecule has 2 aliphatic rings. The Morgan fingerprint density at radius 1 is 1.18 bits per heavy atom. The summed E-state index contributed by atoms with van der Waals surface area (Å²) in [4.78, 5) is 52.0. The van der Waals surface area contributed by atoms with Crippen molar-refractivity contribution < 1.29 is 24.0 Å². The SMILES string of the molecule is CON=C(N[C@H]1CC[C@H](C(=O)N(C)C)C[C@@H]1NC(=O)c1nc2c(s1)CN(C)CC2)C(=O)OC. The summed E-state index contributed by atoms with van der Waals surface area (Å²) in [5, 5.41) is 10.2. The molecule has 2 heterocycles. The predicted molar refractivity (Wildman–Crippen MR) is 123 cm³/mol. The number of amidine groups is 1. The summed E-state index contributed by atoms with van der Waals surface area (Å²) in [5.41, 5.74) is 0.974. The molecule has 3 rings (SSSR count). The lowest BCUT2D eigenvalue weighted by Crippen LogP contribution is -2.57. The van der Waals surface area contributed by atoms with Gasteiger partial charge in [0, 0.05) is 50.4 Å². The van der Waals surface area contributed by atoms with E-state index in [0.29, 0.717) is 24.3 Å². The van der Waals surface area contributed by atoms with Crippen LogP contribution in [0.4, 0.5) is 0 Å². The highest BCUT2D eigenvalue weighted by atomic mass is 32.1. The Morgan fingerprint density at radius 2 is 1.94 bits per heavy atom. The molecule has 12 heteroatoms. The average Bonchev–Trinajstić information content (AvgIpc) is 3.22. The summed E-state index contributed by atoms with van der Waals surface area (Å²) >= 11 is 1.40. The first kappa shape index (κ1) is 24.9. The molecule has 3 atom stereocenters. The van der Waals surface area contributed by atoms with Gasteiger partial charge in [0.1, 0.15) is 7.11 Å². The topological polar surface area (TPSA) is 125 Å². The van der Waals surface area contributed by atoms with Crippen molar-refractivity contribution in [3.8, 4) is 0 Å². The molecule has 0 unspecified atom stereocenters. The number of oxime groups is 1. The Balaban J connectivity index is 1.79. The first-order chi connectivity index (χ1) is 15.7. The molecular formula is C21H32N6O5S. The number of amides is 2. The van der Waals surface area contributed by atoms with Gasteiger partial charge < -0.3 is 30.0 Å². The van der Waals surface area contributed by atoms with Crippen LogP contribution in [-0.2, 0) is 32.1 Å². The van der Waals surface area contributed by atoms with E-state index in [1.165, 1.54) is 25.6 Å². The van der Waals surface area contributed by atoms with Crippen molar-refractivity contribution in [3.05, 3.63) is 15.6 Å². The number of fused-ring (bicyclic) bond motifs is 1. The van der Waals surface area contributed by atoms with Gasteiger partial charge in [-0.2, -0.15) is 0 Å². The number of aromatic nitrogens is 1. The fourth-order valence-electron chi connectivity index (χ4n) is 4.23. The van der Waals surface area contributed by atoms with E-state index in [9.17, 15) is 14.4 Å². The standard InChI is InChI=1S/C21H32N6O5S/c1-26(2)20(29)12-6-7-13(22-17(25-32-5)21(30)31-4)15(10-12)23-18(28)19-24-14-8-9-27(3)11-16(14)33-19/h12-13,15H,6-11H2,1-5H3,(H,22,25)(H,23,28)/t12-,13-,15-/m0/s1. The molecule has 1 aliphatic carbocycles. The molecule has 1 fully saturated rings. The molecule has 0 bridgehead atoms. The normalized spacial score (nSPS) is 23.3. The zero-order valence-electron chi connectivity index (χ0n) is 19.7. The Bertz CT molecular complexity index is 917. The molecule has 1 aliphatic heterocycles. The average molecular weight is 481 g/mol. The molecular weight excluding hydrogens is 448 g/mol. The Morgan fingerprint density at radius 3 is 2.61 bits per heavy atom. The van der Waals surface area contributed by atoms with Crippen LogP contribution < -0.4 is 10.6 Å². The van der Waals surface area contributed by atoms with E-state index in [1.807, 2.05) is 7.05 Å². The maximum atomic E-state index is 13.1. The molecule has 1 saturated carbocycles. The lowest BCUT2D eigenvalue weighted by atomic mass is 9.81. The third kappa shape index (κ3) is 5.99. The number of rotatable bonds is 5. The fourth-order valence-corrected chi connectivity index (χ4v) is 5.32. The maximum absolute atomic E-state index is 13.1. The van der Waals surface area contributed by atoms with Crippen molar-refractivity contribution in [2.75, 3.05) is 41.9 Å². The number of thiazole rings is 1. The molecule has 11 nitrogen and oxygen atoms in total. The van der Waals surface area contributed by atoms with Gasteiger partial charge in [0.05, 0.1) is 18.8 Å². The Hall–Kier alpha value is -2.73. The third-order valence-corrected chi connectivity index (χ3v) is 7.04. The van der Waals surface area contributed by atoms with Crippen LogP contribution in [0, 0.1) is 5.92 Å². The van der Waals surface area contributed by atoms with Gasteiger partial charge in [-0.1, -0.05) is 5.16 Å². The molecule has 182 valence electrons. The summed E-state index contributed by atoms with van der Waals surface area (Å²) in [6.45, 7) is 1.69. The number of ether oxygens (including phenoxy) is 1. The van der Waals surface area contributed by atoms with Gasteiger partial charge in [0.2, 0.25) is 5.91 Å². The van der Waals surface area contributed by atoms with Crippen LogP contribution >= 0.6 is 11.3 Å². The zero-order chi connectivity index (χ0) is 24.1. The van der Waals surface area contributed by atoms with Crippen molar-refractivity contribution >= 4 is 35.0 Å². The van der Waals surface area contributed by atoms with Crippen LogP contribution in [-0.4, -0.2) is 92.4 Å². The summed E-state index contributed by atoms with van der Waals surface area (Å²) < 4.78 is 4.77. The predicted octanol–water partition coefficient (Wildman–Crippen LogP) is 0.209. The lowest BCUT2D eigenvalue weighted by molar-refractivity contribution is -0.135. The van der Waals surface area contributed by atoms with Crippen LogP contribution in [0.25, 0.3) is 0 Å². The summed E-state index contributed by atoms with van der Waals surface area (Å²) in [6.07, 6.45) is 2.41. The van der Waals surface area contributed by atoms with E-state index in [4.69, 9.17) is 9.57 Å². The van der Waals surface area contributed by atoms with Gasteiger partial charge in [-0.3, -0.25) is 9.59 Å². The van der Waals surface area contributed by atoms with Gasteiger partial charge in [0.15, 0.2) is 5.01 Å². The number of likely N-dealkylation sites (N-methyl/N-ethyl adjacent to an activating group) is 1. The largest absolute Gasteiger partial charge is 0.463 e. The number of esters is 1. The van der Waals surface area contributed by atoms with Crippen molar-refractivity contribution in [1.82, 2.24) is 25.4 Å². The smallest absolute Gasteiger partial charge is 0.377 e. The van der Waals surface area contributed by atoms with E-state index in [1.54, 1.807) is 19.0 Å². The summed E-state index contributed by atoms with van der Waals surface area (Å²) in [6, 6.07) is -0.760. The molecule has 2 N–H and O–H groups in total.